The standard InChI is InChI=1S/C6H8O4S2/c1-9-5(7)3(11)4(12)6(8)10-2/h11-12H,1-2H3/b4-3+. The number of ether oxygens (including phenoxy) is 2. The molecule has 4 nitrogen and oxygen atoms in total. The fraction of sp³-hybridized carbons (Fsp3) is 0.333. The van der Waals surface area contributed by atoms with Gasteiger partial charge in [-0.15, -0.1) is 25.3 Å². The third-order valence-corrected chi connectivity index (χ3v) is 1.97. The maximum atomic E-state index is 10.8. The van der Waals surface area contributed by atoms with E-state index in [1.807, 2.05) is 0 Å². The molecule has 0 aromatic heterocycles. The van der Waals surface area contributed by atoms with Gasteiger partial charge in [-0.25, -0.2) is 9.59 Å². The highest BCUT2D eigenvalue weighted by molar-refractivity contribution is 7.90. The summed E-state index contributed by atoms with van der Waals surface area (Å²) in [6.45, 7) is 0. The Labute approximate surface area is 80.7 Å². The Kier molecular flexibility index (Phi) is 4.84. The second-order valence-corrected chi connectivity index (χ2v) is 2.57. The normalized spacial score (nSPS) is 11.7. The molecule has 0 heterocycles. The van der Waals surface area contributed by atoms with Crippen LogP contribution in [0.25, 0.3) is 0 Å². The van der Waals surface area contributed by atoms with Crippen molar-refractivity contribution in [3.8, 4) is 0 Å². The van der Waals surface area contributed by atoms with Crippen molar-refractivity contribution in [2.75, 3.05) is 14.2 Å². The molecule has 0 amide bonds. The number of hydrogen-bond acceptors (Lipinski definition) is 6. The van der Waals surface area contributed by atoms with Crippen molar-refractivity contribution in [3.05, 3.63) is 9.81 Å². The molecule has 0 unspecified atom stereocenters. The Morgan fingerprint density at radius 3 is 1.33 bits per heavy atom. The number of hydrogen-bond donors (Lipinski definition) is 2. The summed E-state index contributed by atoms with van der Waals surface area (Å²) in [6, 6.07) is 0. The predicted octanol–water partition coefficient (Wildman–Crippen LogP) is 0.404. The lowest BCUT2D eigenvalue weighted by Crippen LogP contribution is -2.08. The first-order valence-electron chi connectivity index (χ1n) is 2.83. The van der Waals surface area contributed by atoms with Gasteiger partial charge in [-0.3, -0.25) is 0 Å². The monoisotopic (exact) mass is 208 g/mol. The van der Waals surface area contributed by atoms with Gasteiger partial charge in [0, 0.05) is 0 Å². The van der Waals surface area contributed by atoms with Crippen LogP contribution in [0, 0.1) is 0 Å². The SMILES string of the molecule is COC(=O)/C(S)=C(\S)C(=O)OC. The van der Waals surface area contributed by atoms with E-state index in [0.717, 1.165) is 0 Å². The summed E-state index contributed by atoms with van der Waals surface area (Å²) in [5, 5.41) is 0. The van der Waals surface area contributed by atoms with E-state index in [0.29, 0.717) is 0 Å². The van der Waals surface area contributed by atoms with Gasteiger partial charge < -0.3 is 9.47 Å². The molecule has 0 atom stereocenters. The van der Waals surface area contributed by atoms with Crippen LogP contribution >= 0.6 is 25.3 Å². The topological polar surface area (TPSA) is 52.6 Å². The molecule has 68 valence electrons. The lowest BCUT2D eigenvalue weighted by atomic mass is 10.5. The van der Waals surface area contributed by atoms with Gasteiger partial charge in [0.15, 0.2) is 0 Å². The lowest BCUT2D eigenvalue weighted by Gasteiger charge is -2.01. The molecular weight excluding hydrogens is 200 g/mol. The molecule has 0 spiro atoms. The van der Waals surface area contributed by atoms with Crippen molar-refractivity contribution >= 4 is 37.2 Å². The Morgan fingerprint density at radius 1 is 0.917 bits per heavy atom. The van der Waals surface area contributed by atoms with Crippen molar-refractivity contribution in [3.63, 3.8) is 0 Å². The maximum Gasteiger partial charge on any atom is 0.345 e. The molecule has 0 radical (unpaired) electrons. The zero-order chi connectivity index (χ0) is 9.72. The third kappa shape index (κ3) is 2.78. The van der Waals surface area contributed by atoms with Gasteiger partial charge >= 0.3 is 11.9 Å². The Morgan fingerprint density at radius 2 is 1.17 bits per heavy atom. The van der Waals surface area contributed by atoms with Crippen molar-refractivity contribution in [2.24, 2.45) is 0 Å². The molecule has 0 aliphatic rings. The van der Waals surface area contributed by atoms with Crippen LogP contribution in [0.4, 0.5) is 0 Å². The van der Waals surface area contributed by atoms with Crippen LogP contribution < -0.4 is 0 Å². The largest absolute Gasteiger partial charge is 0.465 e. The zero-order valence-electron chi connectivity index (χ0n) is 6.53. The zero-order valence-corrected chi connectivity index (χ0v) is 8.32. The summed E-state index contributed by atoms with van der Waals surface area (Å²) < 4.78 is 8.60. The quantitative estimate of drug-likeness (QED) is 0.392. The van der Waals surface area contributed by atoms with Crippen LogP contribution in [0.5, 0.6) is 0 Å². The van der Waals surface area contributed by atoms with Gasteiger partial charge in [0.05, 0.1) is 14.2 Å². The second kappa shape index (κ2) is 5.10. The summed E-state index contributed by atoms with van der Waals surface area (Å²) >= 11 is 7.44. The smallest absolute Gasteiger partial charge is 0.345 e. The average molecular weight is 208 g/mol. The molecule has 0 saturated carbocycles. The number of carbonyl (C=O) groups excluding carboxylic acids is 2. The predicted molar refractivity (Wildman–Crippen MR) is 49.0 cm³/mol. The number of thiol groups is 2. The molecule has 0 aromatic carbocycles. The van der Waals surface area contributed by atoms with E-state index in [2.05, 4.69) is 34.7 Å². The second-order valence-electron chi connectivity index (χ2n) is 1.68. The van der Waals surface area contributed by atoms with Gasteiger partial charge in [0.25, 0.3) is 0 Å². The lowest BCUT2D eigenvalue weighted by molar-refractivity contribution is -0.138. The van der Waals surface area contributed by atoms with Crippen LogP contribution in [0.1, 0.15) is 0 Å². The molecular formula is C6H8O4S2. The molecule has 0 saturated heterocycles. The van der Waals surface area contributed by atoms with E-state index in [-0.39, 0.29) is 9.81 Å². The average Bonchev–Trinajstić information content (AvgIpc) is 2.12. The third-order valence-electron chi connectivity index (χ3n) is 0.982. The molecule has 0 aliphatic carbocycles. The Balaban J connectivity index is 4.68. The van der Waals surface area contributed by atoms with Gasteiger partial charge in [0.2, 0.25) is 0 Å². The highest BCUT2D eigenvalue weighted by Crippen LogP contribution is 2.15. The molecule has 0 bridgehead atoms. The molecule has 0 N–H and O–H groups in total. The number of methoxy groups -OCH3 is 2. The minimum Gasteiger partial charge on any atom is -0.465 e. The Hall–Kier alpha value is -0.620. The van der Waals surface area contributed by atoms with Crippen molar-refractivity contribution in [2.45, 2.75) is 0 Å². The fourth-order valence-corrected chi connectivity index (χ4v) is 0.752. The molecule has 6 heteroatoms. The fourth-order valence-electron chi connectivity index (χ4n) is 0.387. The van der Waals surface area contributed by atoms with E-state index < -0.39 is 11.9 Å². The van der Waals surface area contributed by atoms with Crippen LogP contribution in [0.15, 0.2) is 9.81 Å². The first-order valence-corrected chi connectivity index (χ1v) is 3.72. The van der Waals surface area contributed by atoms with E-state index in [9.17, 15) is 9.59 Å². The summed E-state index contributed by atoms with van der Waals surface area (Å²) in [7, 11) is 2.35. The van der Waals surface area contributed by atoms with Crippen LogP contribution in [-0.2, 0) is 19.1 Å². The van der Waals surface area contributed by atoms with Gasteiger partial charge in [0.1, 0.15) is 9.81 Å². The highest BCUT2D eigenvalue weighted by Gasteiger charge is 2.15. The first kappa shape index (κ1) is 11.4. The summed E-state index contributed by atoms with van der Waals surface area (Å²) in [5.41, 5.74) is 0. The van der Waals surface area contributed by atoms with Gasteiger partial charge in [-0.2, -0.15) is 0 Å². The molecule has 12 heavy (non-hydrogen) atoms. The number of carbonyl (C=O) groups is 2. The van der Waals surface area contributed by atoms with E-state index >= 15 is 0 Å². The van der Waals surface area contributed by atoms with Gasteiger partial charge in [-0.05, 0) is 0 Å². The first-order chi connectivity index (χ1) is 5.54. The summed E-state index contributed by atoms with van der Waals surface area (Å²) in [5.74, 6) is -1.46. The van der Waals surface area contributed by atoms with Crippen molar-refractivity contribution in [1.29, 1.82) is 0 Å². The maximum absolute atomic E-state index is 10.8. The van der Waals surface area contributed by atoms with Crippen molar-refractivity contribution < 1.29 is 19.1 Å². The van der Waals surface area contributed by atoms with Gasteiger partial charge in [-0.1, -0.05) is 0 Å². The van der Waals surface area contributed by atoms with E-state index in [1.165, 1.54) is 14.2 Å². The Bertz CT molecular complexity index is 210. The number of esters is 2. The molecule has 0 rings (SSSR count). The summed E-state index contributed by atoms with van der Waals surface area (Å²) in [6.07, 6.45) is 0. The minimum absolute atomic E-state index is 0.173. The number of rotatable bonds is 2. The summed E-state index contributed by atoms with van der Waals surface area (Å²) in [4.78, 5) is 21.2. The van der Waals surface area contributed by atoms with Crippen molar-refractivity contribution in [1.82, 2.24) is 0 Å². The minimum atomic E-state index is -0.728. The van der Waals surface area contributed by atoms with Crippen LogP contribution in [0.3, 0.4) is 0 Å². The van der Waals surface area contributed by atoms with E-state index in [4.69, 9.17) is 0 Å². The van der Waals surface area contributed by atoms with Crippen LogP contribution in [-0.4, -0.2) is 26.2 Å². The molecule has 0 aliphatic heterocycles. The molecule has 0 aromatic rings. The highest BCUT2D eigenvalue weighted by atomic mass is 32.1. The molecule has 0 fully saturated rings. The van der Waals surface area contributed by atoms with E-state index in [1.54, 1.807) is 0 Å². The van der Waals surface area contributed by atoms with Crippen LogP contribution in [0.2, 0.25) is 0 Å².